The molecule has 10 heteroatoms. The van der Waals surface area contributed by atoms with E-state index in [4.69, 9.17) is 14.6 Å². The number of hydrogen-bond donors (Lipinski definition) is 2. The number of rotatable bonds is 7. The first-order chi connectivity index (χ1) is 15.3. The van der Waals surface area contributed by atoms with Crippen LogP contribution in [0, 0.1) is 0 Å². The molecule has 0 bridgehead atoms. The quantitative estimate of drug-likeness (QED) is 0.493. The number of fused-ring (bicyclic) bond motifs is 1. The highest BCUT2D eigenvalue weighted by Gasteiger charge is 2.51. The second-order valence-corrected chi connectivity index (χ2v) is 7.40. The lowest BCUT2D eigenvalue weighted by molar-refractivity contribution is -0.152. The van der Waals surface area contributed by atoms with Gasteiger partial charge in [-0.05, 0) is 24.3 Å². The molecule has 0 unspecified atom stereocenters. The van der Waals surface area contributed by atoms with E-state index in [-0.39, 0.29) is 24.2 Å². The number of β-lactam (4-membered cyclic amide) rings is 1. The molecule has 0 aliphatic carbocycles. The summed E-state index contributed by atoms with van der Waals surface area (Å²) in [6.45, 7) is -0.0286. The molecule has 10 nitrogen and oxygen atoms in total. The lowest BCUT2D eigenvalue weighted by Gasteiger charge is -2.47. The first-order valence-electron chi connectivity index (χ1n) is 9.81. The monoisotopic (exact) mass is 439 g/mol. The minimum absolute atomic E-state index is 0.109. The van der Waals surface area contributed by atoms with Crippen molar-refractivity contribution in [2.24, 2.45) is 0 Å². The summed E-state index contributed by atoms with van der Waals surface area (Å²) < 4.78 is 10.6. The van der Waals surface area contributed by atoms with Gasteiger partial charge in [0.25, 0.3) is 11.8 Å². The summed E-state index contributed by atoms with van der Waals surface area (Å²) in [4.78, 5) is 51.9. The fraction of sp³-hybridized carbons (Fsp3) is 0.273. The van der Waals surface area contributed by atoms with Crippen LogP contribution >= 0.6 is 0 Å². The van der Waals surface area contributed by atoms with E-state index >= 15 is 0 Å². The van der Waals surface area contributed by atoms with Crippen LogP contribution in [-0.2, 0) is 11.3 Å². The van der Waals surface area contributed by atoms with Gasteiger partial charge >= 0.3 is 6.09 Å². The zero-order chi connectivity index (χ0) is 23.0. The van der Waals surface area contributed by atoms with Crippen molar-refractivity contribution in [1.29, 1.82) is 0 Å². The molecular weight excluding hydrogens is 418 g/mol. The minimum atomic E-state index is -1.36. The molecule has 32 heavy (non-hydrogen) atoms. The predicted molar refractivity (Wildman–Crippen MR) is 111 cm³/mol. The molecule has 2 heterocycles. The molecule has 4 amide bonds. The van der Waals surface area contributed by atoms with Crippen LogP contribution in [0.25, 0.3) is 0 Å². The molecule has 2 aromatic rings. The summed E-state index contributed by atoms with van der Waals surface area (Å²) in [6, 6.07) is 9.79. The number of likely N-dealkylation sites (tertiary alicyclic amines) is 1. The normalized spacial score (nSPS) is 19.5. The third-order valence-corrected chi connectivity index (χ3v) is 5.70. The lowest BCUT2D eigenvalue weighted by atomic mass is 9.93. The average Bonchev–Trinajstić information content (AvgIpc) is 3.04. The Morgan fingerprint density at radius 2 is 1.69 bits per heavy atom. The summed E-state index contributed by atoms with van der Waals surface area (Å²) >= 11 is 0. The number of ether oxygens (including phenoxy) is 2. The van der Waals surface area contributed by atoms with Crippen LogP contribution in [0.3, 0.4) is 0 Å². The summed E-state index contributed by atoms with van der Waals surface area (Å²) in [6.07, 6.45) is -1.36. The Balaban J connectivity index is 1.59. The smallest absolute Gasteiger partial charge is 0.405 e. The van der Waals surface area contributed by atoms with Gasteiger partial charge in [-0.2, -0.15) is 0 Å². The number of nitrogens with zero attached hydrogens (tertiary/aromatic N) is 2. The van der Waals surface area contributed by atoms with E-state index in [1.165, 1.54) is 19.1 Å². The van der Waals surface area contributed by atoms with Crippen molar-refractivity contribution >= 4 is 23.8 Å². The van der Waals surface area contributed by atoms with Gasteiger partial charge in [-0.1, -0.05) is 12.1 Å². The molecule has 1 fully saturated rings. The van der Waals surface area contributed by atoms with Gasteiger partial charge in [0, 0.05) is 18.2 Å². The Labute approximate surface area is 183 Å². The molecule has 166 valence electrons. The molecule has 2 N–H and O–H groups in total. The number of amides is 4. The molecule has 2 aliphatic heterocycles. The van der Waals surface area contributed by atoms with Crippen LogP contribution in [-0.4, -0.2) is 71.6 Å². The standard InChI is InChI=1S/C22H21N3O7/c1-31-13-8-7-12(17(9-13)32-2)10-24-16(18(21(24)28)23-22(29)30)11-25-19(26)14-5-3-4-6-15(14)20(25)27/h3-9,16,18,23H,10-11H2,1-2H3,(H,29,30)/t16-,18+/m1/s1. The van der Waals surface area contributed by atoms with Crippen molar-refractivity contribution in [1.82, 2.24) is 15.1 Å². The highest BCUT2D eigenvalue weighted by atomic mass is 16.5. The molecule has 2 atom stereocenters. The maximum atomic E-state index is 12.8. The Morgan fingerprint density at radius 3 is 2.25 bits per heavy atom. The predicted octanol–water partition coefficient (Wildman–Crippen LogP) is 1.35. The SMILES string of the molecule is COc1ccc(CN2C(=O)[C@@H](NC(=O)O)[C@H]2CN2C(=O)c3ccccc3C2=O)c(OC)c1. The summed E-state index contributed by atoms with van der Waals surface area (Å²) in [7, 11) is 3.01. The molecule has 2 aromatic carbocycles. The number of carboxylic acid groups (broad SMARTS) is 1. The zero-order valence-corrected chi connectivity index (χ0v) is 17.4. The molecular formula is C22H21N3O7. The minimum Gasteiger partial charge on any atom is -0.497 e. The number of hydrogen-bond acceptors (Lipinski definition) is 6. The van der Waals surface area contributed by atoms with Crippen molar-refractivity contribution in [3.8, 4) is 11.5 Å². The lowest BCUT2D eigenvalue weighted by Crippen LogP contribution is -2.72. The number of methoxy groups -OCH3 is 2. The van der Waals surface area contributed by atoms with Crippen LogP contribution in [0.4, 0.5) is 4.79 Å². The fourth-order valence-electron chi connectivity index (χ4n) is 4.05. The zero-order valence-electron chi connectivity index (χ0n) is 17.4. The van der Waals surface area contributed by atoms with E-state index in [2.05, 4.69) is 5.32 Å². The van der Waals surface area contributed by atoms with Crippen molar-refractivity contribution < 1.29 is 33.8 Å². The first-order valence-corrected chi connectivity index (χ1v) is 9.81. The second kappa shape index (κ2) is 8.22. The van der Waals surface area contributed by atoms with Gasteiger partial charge < -0.3 is 24.8 Å². The van der Waals surface area contributed by atoms with Crippen molar-refractivity contribution in [3.05, 3.63) is 59.2 Å². The number of carbonyl (C=O) groups is 4. The van der Waals surface area contributed by atoms with E-state index < -0.39 is 35.9 Å². The summed E-state index contributed by atoms with van der Waals surface area (Å²) in [5, 5.41) is 11.3. The highest BCUT2D eigenvalue weighted by molar-refractivity contribution is 6.21. The van der Waals surface area contributed by atoms with Crippen LogP contribution in [0.5, 0.6) is 11.5 Å². The Morgan fingerprint density at radius 1 is 1.03 bits per heavy atom. The Hall–Kier alpha value is -4.08. The fourth-order valence-corrected chi connectivity index (χ4v) is 4.05. The van der Waals surface area contributed by atoms with Gasteiger partial charge in [-0.25, -0.2) is 4.79 Å². The van der Waals surface area contributed by atoms with E-state index in [1.54, 1.807) is 42.5 Å². The molecule has 0 spiro atoms. The van der Waals surface area contributed by atoms with Gasteiger partial charge in [0.2, 0.25) is 5.91 Å². The van der Waals surface area contributed by atoms with Crippen LogP contribution in [0.15, 0.2) is 42.5 Å². The second-order valence-electron chi connectivity index (χ2n) is 7.40. The number of carbonyl (C=O) groups excluding carboxylic acids is 3. The van der Waals surface area contributed by atoms with Crippen LogP contribution in [0.2, 0.25) is 0 Å². The molecule has 1 saturated heterocycles. The van der Waals surface area contributed by atoms with E-state index in [0.717, 1.165) is 4.90 Å². The van der Waals surface area contributed by atoms with Gasteiger partial charge in [0.05, 0.1) is 37.9 Å². The van der Waals surface area contributed by atoms with E-state index in [9.17, 15) is 19.2 Å². The topological polar surface area (TPSA) is 125 Å². The van der Waals surface area contributed by atoms with Crippen LogP contribution in [0.1, 0.15) is 26.3 Å². The number of benzene rings is 2. The molecule has 2 aliphatic rings. The van der Waals surface area contributed by atoms with Crippen LogP contribution < -0.4 is 14.8 Å². The summed E-state index contributed by atoms with van der Waals surface area (Å²) in [5.41, 5.74) is 1.24. The summed E-state index contributed by atoms with van der Waals surface area (Å²) in [5.74, 6) is -0.325. The van der Waals surface area contributed by atoms with E-state index in [1.807, 2.05) is 0 Å². The number of nitrogens with one attached hydrogen (secondary N) is 1. The average molecular weight is 439 g/mol. The van der Waals surface area contributed by atoms with Gasteiger partial charge in [-0.15, -0.1) is 0 Å². The van der Waals surface area contributed by atoms with E-state index in [0.29, 0.717) is 17.1 Å². The van der Waals surface area contributed by atoms with Crippen molar-refractivity contribution in [3.63, 3.8) is 0 Å². The highest BCUT2D eigenvalue weighted by Crippen LogP contribution is 2.32. The molecule has 0 radical (unpaired) electrons. The molecule has 0 aromatic heterocycles. The third kappa shape index (κ3) is 3.49. The Kier molecular flexibility index (Phi) is 5.43. The van der Waals surface area contributed by atoms with Crippen molar-refractivity contribution in [2.45, 2.75) is 18.6 Å². The van der Waals surface area contributed by atoms with Gasteiger partial charge in [-0.3, -0.25) is 19.3 Å². The van der Waals surface area contributed by atoms with Gasteiger partial charge in [0.1, 0.15) is 17.5 Å². The molecule has 0 saturated carbocycles. The Bertz CT molecular complexity index is 1080. The maximum Gasteiger partial charge on any atom is 0.405 e. The third-order valence-electron chi connectivity index (χ3n) is 5.70. The molecule has 4 rings (SSSR count). The maximum absolute atomic E-state index is 12.8. The first kappa shape index (κ1) is 21.2. The van der Waals surface area contributed by atoms with Crippen molar-refractivity contribution in [2.75, 3.05) is 20.8 Å². The van der Waals surface area contributed by atoms with Gasteiger partial charge in [0.15, 0.2) is 0 Å². The number of imide groups is 1. The largest absolute Gasteiger partial charge is 0.497 e.